The molecule has 9 aromatic rings. The summed E-state index contributed by atoms with van der Waals surface area (Å²) in [5, 5.41) is 0. The highest BCUT2D eigenvalue weighted by Gasteiger charge is 2.55. The number of hydrogen-bond acceptors (Lipinski definition) is 1. The van der Waals surface area contributed by atoms with E-state index in [4.69, 9.17) is 0 Å². The first-order chi connectivity index (χ1) is 31.3. The molecule has 0 radical (unpaired) electrons. The van der Waals surface area contributed by atoms with Crippen molar-refractivity contribution >= 4 is 16.9 Å². The van der Waals surface area contributed by atoms with Crippen molar-refractivity contribution in [1.29, 1.82) is 0 Å². The highest BCUT2D eigenvalue weighted by Crippen LogP contribution is 2.66. The van der Waals surface area contributed by atoms with Gasteiger partial charge in [-0.2, -0.15) is 0 Å². The maximum atomic E-state index is 2.70. The van der Waals surface area contributed by atoms with Gasteiger partial charge < -0.3 is 4.90 Å². The second kappa shape index (κ2) is 12.9. The van der Waals surface area contributed by atoms with E-state index in [0.717, 1.165) is 6.42 Å². The summed E-state index contributed by atoms with van der Waals surface area (Å²) in [7, 11) is 0. The summed E-state index contributed by atoms with van der Waals surface area (Å²) in [4.78, 5) is 2.70. The molecule has 0 heterocycles. The lowest BCUT2D eigenvalue weighted by atomic mass is 9.69. The smallest absolute Gasteiger partial charge is 0.0726 e. The highest BCUT2D eigenvalue weighted by molar-refractivity contribution is 6.02. The third-order valence-electron chi connectivity index (χ3n) is 15.1. The Hall–Kier alpha value is -7.74. The third-order valence-corrected chi connectivity index (χ3v) is 15.1. The maximum Gasteiger partial charge on any atom is 0.0726 e. The van der Waals surface area contributed by atoms with Gasteiger partial charge in [0, 0.05) is 22.5 Å². The second-order valence-corrected chi connectivity index (χ2v) is 17.7. The molecular formula is C62H41N. The lowest BCUT2D eigenvalue weighted by molar-refractivity contribution is 0.755. The van der Waals surface area contributed by atoms with Gasteiger partial charge in [-0.05, 0) is 108 Å². The van der Waals surface area contributed by atoms with Crippen LogP contribution >= 0.6 is 0 Å². The van der Waals surface area contributed by atoms with E-state index in [0.29, 0.717) is 0 Å². The summed E-state index contributed by atoms with van der Waals surface area (Å²) in [6, 6.07) is 82.2. The Morgan fingerprint density at radius 3 is 1.33 bits per heavy atom. The topological polar surface area (TPSA) is 3.24 Å². The van der Waals surface area contributed by atoms with E-state index < -0.39 is 5.41 Å². The molecule has 0 N–H and O–H groups in total. The van der Waals surface area contributed by atoms with Gasteiger partial charge in [-0.25, -0.2) is 0 Å². The van der Waals surface area contributed by atoms with Gasteiger partial charge in [-0.15, -0.1) is 0 Å². The molecule has 0 saturated heterocycles. The molecule has 9 aromatic carbocycles. The summed E-state index contributed by atoms with van der Waals surface area (Å²) in [6.45, 7) is 0. The molecule has 294 valence electrons. The van der Waals surface area contributed by atoms with E-state index in [1.165, 1.54) is 112 Å². The Kier molecular flexibility index (Phi) is 7.15. The fraction of sp³-hybridized carbons (Fsp3) is 0.0645. The predicted molar refractivity (Wildman–Crippen MR) is 259 cm³/mol. The molecule has 5 aliphatic rings. The standard InChI is InChI=1S/C62H41N/c1-2-19-40(20-3-1)42-21-10-17-35-58(42)63(41-37-38-56-49(39-41)47-26-8-15-32-54(47)61(56)50-28-11-4-22-43(50)44-23-5-12-29-51(44)61)59-36-18-34-57-60(59)48-27-9-16-33-55(48)62(57)52-30-13-6-24-45(52)46-25-7-14-31-53(46)62/h1-38,41H,39H2. The van der Waals surface area contributed by atoms with Crippen molar-refractivity contribution in [3.63, 3.8) is 0 Å². The Morgan fingerprint density at radius 2 is 0.746 bits per heavy atom. The molecule has 1 heteroatoms. The number of anilines is 2. The predicted octanol–water partition coefficient (Wildman–Crippen LogP) is 14.9. The van der Waals surface area contributed by atoms with Gasteiger partial charge in [0.05, 0.1) is 16.9 Å². The van der Waals surface area contributed by atoms with Crippen LogP contribution < -0.4 is 4.90 Å². The summed E-state index contributed by atoms with van der Waals surface area (Å²) in [6.07, 6.45) is 5.91. The highest BCUT2D eigenvalue weighted by atomic mass is 15.2. The van der Waals surface area contributed by atoms with Crippen molar-refractivity contribution in [1.82, 2.24) is 0 Å². The number of hydrogen-bond donors (Lipinski definition) is 0. The van der Waals surface area contributed by atoms with Gasteiger partial charge in [0.2, 0.25) is 0 Å². The summed E-state index contributed by atoms with van der Waals surface area (Å²) >= 11 is 0. The molecule has 0 bridgehead atoms. The van der Waals surface area contributed by atoms with Crippen LogP contribution in [-0.2, 0) is 10.8 Å². The first-order valence-corrected chi connectivity index (χ1v) is 22.4. The minimum Gasteiger partial charge on any atom is -0.333 e. The molecule has 0 saturated carbocycles. The lowest BCUT2D eigenvalue weighted by Crippen LogP contribution is -2.33. The van der Waals surface area contributed by atoms with Crippen molar-refractivity contribution in [3.05, 3.63) is 281 Å². The van der Waals surface area contributed by atoms with E-state index in [9.17, 15) is 0 Å². The number of rotatable bonds is 4. The summed E-state index contributed by atoms with van der Waals surface area (Å²) in [5.41, 5.74) is 25.9. The summed E-state index contributed by atoms with van der Waals surface area (Å²) < 4.78 is 0. The van der Waals surface area contributed by atoms with Crippen LogP contribution in [0.5, 0.6) is 0 Å². The molecule has 1 unspecified atom stereocenters. The van der Waals surface area contributed by atoms with Crippen molar-refractivity contribution in [3.8, 4) is 44.5 Å². The zero-order chi connectivity index (χ0) is 41.3. The molecule has 14 rings (SSSR count). The molecule has 1 nitrogen and oxygen atoms in total. The van der Waals surface area contributed by atoms with Gasteiger partial charge in [0.1, 0.15) is 0 Å². The Balaban J connectivity index is 1.03. The van der Waals surface area contributed by atoms with Crippen LogP contribution in [0.2, 0.25) is 0 Å². The van der Waals surface area contributed by atoms with Gasteiger partial charge in [0.25, 0.3) is 0 Å². The zero-order valence-corrected chi connectivity index (χ0v) is 34.7. The van der Waals surface area contributed by atoms with Crippen molar-refractivity contribution in [2.75, 3.05) is 4.90 Å². The van der Waals surface area contributed by atoms with Gasteiger partial charge in [0.15, 0.2) is 0 Å². The number of nitrogens with zero attached hydrogens (tertiary/aromatic N) is 1. The van der Waals surface area contributed by atoms with Crippen LogP contribution in [0.1, 0.15) is 50.9 Å². The molecule has 0 aromatic heterocycles. The van der Waals surface area contributed by atoms with E-state index in [-0.39, 0.29) is 11.5 Å². The molecule has 0 aliphatic heterocycles. The SMILES string of the molecule is C1=CC(N(c2ccccc2-c2ccccc2)c2cccc3c2-c2ccccc2C32c3ccccc3-c3ccccc32)CC2=C1C1(c3ccccc32)c2ccccc2-c2ccccc21. The Bertz CT molecular complexity index is 3360. The first kappa shape index (κ1) is 34.9. The normalized spacial score (nSPS) is 16.8. The summed E-state index contributed by atoms with van der Waals surface area (Å²) in [5.74, 6) is 0. The molecular weight excluding hydrogens is 759 g/mol. The molecule has 0 amide bonds. The number of allylic oxidation sites excluding steroid dienone is 2. The van der Waals surface area contributed by atoms with Crippen molar-refractivity contribution in [2.24, 2.45) is 0 Å². The van der Waals surface area contributed by atoms with Gasteiger partial charge in [-0.1, -0.05) is 218 Å². The average Bonchev–Trinajstić information content (AvgIpc) is 4.04. The van der Waals surface area contributed by atoms with Crippen molar-refractivity contribution in [2.45, 2.75) is 23.3 Å². The minimum absolute atomic E-state index is 0.0158. The van der Waals surface area contributed by atoms with Crippen LogP contribution in [-0.4, -0.2) is 6.04 Å². The third kappa shape index (κ3) is 4.36. The van der Waals surface area contributed by atoms with E-state index >= 15 is 0 Å². The largest absolute Gasteiger partial charge is 0.333 e. The van der Waals surface area contributed by atoms with Crippen molar-refractivity contribution < 1.29 is 0 Å². The van der Waals surface area contributed by atoms with E-state index in [1.54, 1.807) is 0 Å². The lowest BCUT2D eigenvalue weighted by Gasteiger charge is -2.38. The van der Waals surface area contributed by atoms with Gasteiger partial charge in [-0.3, -0.25) is 0 Å². The fourth-order valence-corrected chi connectivity index (χ4v) is 12.9. The molecule has 5 aliphatic carbocycles. The second-order valence-electron chi connectivity index (χ2n) is 17.7. The van der Waals surface area contributed by atoms with Crippen LogP contribution in [0, 0.1) is 0 Å². The zero-order valence-electron chi connectivity index (χ0n) is 34.7. The molecule has 2 spiro atoms. The first-order valence-electron chi connectivity index (χ1n) is 22.4. The van der Waals surface area contributed by atoms with E-state index in [1.807, 2.05) is 0 Å². The fourth-order valence-electron chi connectivity index (χ4n) is 12.9. The number of fused-ring (bicyclic) bond motifs is 19. The molecule has 63 heavy (non-hydrogen) atoms. The van der Waals surface area contributed by atoms with Crippen LogP contribution in [0.15, 0.2) is 236 Å². The minimum atomic E-state index is -0.433. The van der Waals surface area contributed by atoms with Crippen LogP contribution in [0.25, 0.3) is 50.1 Å². The van der Waals surface area contributed by atoms with E-state index in [2.05, 4.69) is 235 Å². The van der Waals surface area contributed by atoms with Crippen LogP contribution in [0.4, 0.5) is 11.4 Å². The molecule has 0 fully saturated rings. The van der Waals surface area contributed by atoms with Gasteiger partial charge >= 0.3 is 0 Å². The maximum absolute atomic E-state index is 2.70. The quantitative estimate of drug-likeness (QED) is 0.171. The monoisotopic (exact) mass is 799 g/mol. The average molecular weight is 800 g/mol. The Labute approximate surface area is 368 Å². The Morgan fingerprint density at radius 1 is 0.333 bits per heavy atom. The number of benzene rings is 9. The number of para-hydroxylation sites is 1. The molecule has 1 atom stereocenters. The van der Waals surface area contributed by atoms with Crippen LogP contribution in [0.3, 0.4) is 0 Å².